The summed E-state index contributed by atoms with van der Waals surface area (Å²) < 4.78 is 86.1. The number of likely N-dealkylation sites (tertiary alicyclic amines) is 1. The van der Waals surface area contributed by atoms with Gasteiger partial charge in [0.2, 0.25) is 0 Å². The van der Waals surface area contributed by atoms with Crippen LogP contribution in [0.1, 0.15) is 141 Å². The summed E-state index contributed by atoms with van der Waals surface area (Å²) in [6.07, 6.45) is 7.84. The van der Waals surface area contributed by atoms with Gasteiger partial charge in [-0.25, -0.2) is 26.3 Å². The van der Waals surface area contributed by atoms with Crippen molar-refractivity contribution in [3.63, 3.8) is 0 Å². The number of benzene rings is 12. The van der Waals surface area contributed by atoms with E-state index in [0.29, 0.717) is 140 Å². The molecule has 1 aliphatic carbocycles. The van der Waals surface area contributed by atoms with Gasteiger partial charge in [-0.15, -0.1) is 0 Å². The molecular formula is C113H115F6N19O12. The van der Waals surface area contributed by atoms with Crippen LogP contribution >= 0.6 is 0 Å². The number of hydrogen-bond acceptors (Lipinski definition) is 19. The first-order valence-electron chi connectivity index (χ1n) is 49.5. The maximum Gasteiger partial charge on any atom is 0.253 e. The zero-order valence-corrected chi connectivity index (χ0v) is 82.6. The van der Waals surface area contributed by atoms with E-state index in [4.69, 9.17) is 14.9 Å². The number of fused-ring (bicyclic) bond motifs is 6. The van der Waals surface area contributed by atoms with Gasteiger partial charge in [0, 0.05) is 138 Å². The van der Waals surface area contributed by atoms with Crippen molar-refractivity contribution >= 4 is 101 Å². The Morgan fingerprint density at radius 1 is 0.367 bits per heavy atom. The number of ether oxygens (including phenoxy) is 1. The number of hydrogen-bond donors (Lipinski definition) is 16. The molecule has 12 aromatic carbocycles. The number of carbonyl (C=O) groups is 6. The predicted molar refractivity (Wildman–Crippen MR) is 563 cm³/mol. The van der Waals surface area contributed by atoms with Crippen LogP contribution < -0.4 is 26.6 Å². The zero-order chi connectivity index (χ0) is 106. The van der Waals surface area contributed by atoms with Crippen LogP contribution in [0, 0.1) is 34.9 Å². The minimum absolute atomic E-state index is 0.0477. The van der Waals surface area contributed by atoms with E-state index < -0.39 is 0 Å². The monoisotopic (exact) mass is 2040 g/mol. The molecule has 7 heterocycles. The molecule has 2 aliphatic rings. The molecule has 776 valence electrons. The molecule has 0 bridgehead atoms. The van der Waals surface area contributed by atoms with E-state index in [1.807, 2.05) is 45.0 Å². The van der Waals surface area contributed by atoms with Gasteiger partial charge >= 0.3 is 0 Å². The minimum Gasteiger partial charge on any atom is -0.395 e. The normalized spacial score (nSPS) is 13.7. The molecule has 2 atom stereocenters. The van der Waals surface area contributed by atoms with E-state index in [0.717, 1.165) is 111 Å². The third kappa shape index (κ3) is 27.9. The van der Waals surface area contributed by atoms with Crippen LogP contribution in [0.3, 0.4) is 0 Å². The maximum absolute atomic E-state index is 13.6. The highest BCUT2D eigenvalue weighted by Crippen LogP contribution is 2.36. The molecule has 16 N–H and O–H groups in total. The van der Waals surface area contributed by atoms with Gasteiger partial charge in [0.05, 0.1) is 90.9 Å². The molecule has 6 aromatic heterocycles. The van der Waals surface area contributed by atoms with Crippen LogP contribution in [-0.2, 0) is 4.74 Å². The molecular weight excluding hydrogens is 1930 g/mol. The van der Waals surface area contributed by atoms with Crippen molar-refractivity contribution in [3.05, 3.63) is 323 Å². The van der Waals surface area contributed by atoms with Gasteiger partial charge in [-0.2, -0.15) is 30.6 Å². The van der Waals surface area contributed by atoms with Gasteiger partial charge in [-0.05, 0) is 253 Å². The SMILES string of the molecule is CCN(CCO)C(=O)c1ccc2[nH]nc(-c3cccc(F)c3)c2c1.CC[C@@H](CO)NC(=O)c1ccc2[nH]nc(-c3cccc(F)c3)c2c1.CC[C@H](CO)NC(=O)c1ccc2[nH]nc(-c3cccc(F)c3)c2c1.O=C(NC1CCC(O)CC1)c1ccc2[nH]nc(-c3cccc(F)c3)c2c1.O=C(NCCN1CCCCC1)c1ccc2[nH]nc(-c3cccc(F)c3)c2c1.O=C(NCCOCCO)c1ccc2[nH]nc(-c3cccc(F)c3)c2c1. The molecule has 0 radical (unpaired) electrons. The highest BCUT2D eigenvalue weighted by Gasteiger charge is 2.26. The third-order valence-corrected chi connectivity index (χ3v) is 25.6. The van der Waals surface area contributed by atoms with Gasteiger partial charge in [-0.3, -0.25) is 59.4 Å². The number of carbonyl (C=O) groups excluding carboxylic acids is 6. The number of piperidine rings is 1. The van der Waals surface area contributed by atoms with Crippen LogP contribution in [0.4, 0.5) is 26.3 Å². The summed E-state index contributed by atoms with van der Waals surface area (Å²) in [4.78, 5) is 78.5. The average Bonchev–Trinajstić information content (AvgIpc) is 1.68. The second-order valence-electron chi connectivity index (χ2n) is 35.9. The Bertz CT molecular complexity index is 7550. The Morgan fingerprint density at radius 2 is 0.667 bits per heavy atom. The largest absolute Gasteiger partial charge is 0.395 e. The van der Waals surface area contributed by atoms with E-state index >= 15 is 0 Å². The molecule has 18 aromatic rings. The van der Waals surface area contributed by atoms with Crippen molar-refractivity contribution in [3.8, 4) is 67.5 Å². The van der Waals surface area contributed by atoms with Gasteiger partial charge in [0.1, 0.15) is 69.1 Å². The Labute approximate surface area is 858 Å². The minimum atomic E-state index is -0.342. The number of aliphatic hydroxyl groups is 5. The summed E-state index contributed by atoms with van der Waals surface area (Å²) in [5.74, 6) is -3.14. The first kappa shape index (κ1) is 108. The van der Waals surface area contributed by atoms with Crippen LogP contribution in [0.5, 0.6) is 0 Å². The Hall–Kier alpha value is -16.4. The second kappa shape index (κ2) is 52.3. The quantitative estimate of drug-likeness (QED) is 0.0147. The molecule has 31 nitrogen and oxygen atoms in total. The number of rotatable bonds is 30. The summed E-state index contributed by atoms with van der Waals surface area (Å²) in [5.41, 5.74) is 15.3. The van der Waals surface area contributed by atoms with Crippen molar-refractivity contribution < 1.29 is 85.4 Å². The van der Waals surface area contributed by atoms with E-state index in [9.17, 15) is 70.4 Å². The number of nitrogens with one attached hydrogen (secondary N) is 11. The van der Waals surface area contributed by atoms with Gasteiger partial charge in [0.25, 0.3) is 35.4 Å². The summed E-state index contributed by atoms with van der Waals surface area (Å²) in [7, 11) is 0. The van der Waals surface area contributed by atoms with Crippen molar-refractivity contribution in [2.24, 2.45) is 0 Å². The Balaban J connectivity index is 0.000000135. The number of likely N-dealkylation sites (N-methyl/N-ethyl adjacent to an activating group) is 1. The van der Waals surface area contributed by atoms with Gasteiger partial charge in [0.15, 0.2) is 0 Å². The summed E-state index contributed by atoms with van der Waals surface area (Å²) in [6, 6.07) is 68.3. The fourth-order valence-electron chi connectivity index (χ4n) is 17.5. The Kier molecular flexibility index (Phi) is 37.6. The van der Waals surface area contributed by atoms with Gasteiger partial charge < -0.3 is 66.7 Å². The lowest BCUT2D eigenvalue weighted by Crippen LogP contribution is -2.38. The lowest BCUT2D eigenvalue weighted by atomic mass is 9.93. The van der Waals surface area contributed by atoms with Crippen molar-refractivity contribution in [1.82, 2.24) is 97.6 Å². The van der Waals surface area contributed by atoms with E-state index in [1.165, 1.54) is 92.1 Å². The van der Waals surface area contributed by atoms with Crippen LogP contribution in [0.15, 0.2) is 255 Å². The first-order chi connectivity index (χ1) is 72.9. The van der Waals surface area contributed by atoms with E-state index in [2.05, 4.69) is 92.7 Å². The molecule has 1 saturated carbocycles. The van der Waals surface area contributed by atoms with Crippen LogP contribution in [0.25, 0.3) is 133 Å². The predicted octanol–water partition coefficient (Wildman–Crippen LogP) is 17.7. The molecule has 1 aliphatic heterocycles. The molecule has 1 saturated heterocycles. The molecule has 150 heavy (non-hydrogen) atoms. The van der Waals surface area contributed by atoms with Gasteiger partial charge in [-0.1, -0.05) is 93.1 Å². The number of aromatic amines is 6. The van der Waals surface area contributed by atoms with Crippen molar-refractivity contribution in [2.45, 2.75) is 103 Å². The number of nitrogens with zero attached hydrogens (tertiary/aromatic N) is 8. The average molecular weight is 2050 g/mol. The highest BCUT2D eigenvalue weighted by atomic mass is 19.1. The smallest absolute Gasteiger partial charge is 0.253 e. The number of aliphatic hydroxyl groups excluding tert-OH is 5. The molecule has 0 spiro atoms. The van der Waals surface area contributed by atoms with E-state index in [-0.39, 0.29) is 134 Å². The first-order valence-corrected chi connectivity index (χ1v) is 49.5. The fourth-order valence-corrected chi connectivity index (χ4v) is 17.5. The topological polar surface area (TPSA) is 452 Å². The second-order valence-corrected chi connectivity index (χ2v) is 35.9. The standard InChI is InChI=1S/C21H23FN4O.C20H20FN3O2.C18H18FN3O3.3C18H18FN3O2/c22-17-6-4-5-15(13-17)20-18-14-16(7-8-19(18)24-25-20)21(27)23-9-12-26-10-2-1-3-11-26;21-14-3-1-2-12(10-14)19-17-11-13(4-9-18(17)23-24-19)20(26)22-15-5-7-16(25)8-6-15;19-14-3-1-2-12(10-14)17-15-11-13(4-5-16(15)21-22-17)18(24)20-6-8-25-9-7-23;2*1-2-14(10-23)20-18(24)12-6-7-16-15(9-12)17(22-21-16)11-4-3-5-13(19)8-11;1-2-22(8-9-23)18(24)13-6-7-16-15(11-13)17(21-20-16)12-4-3-5-14(19)10-12/h4-8,13-14H,1-3,9-12H2,(H,23,27)(H,24,25);1-4,9-11,15-16,25H,5-8H2,(H,22,26)(H,23,24);1-5,10-11,23H,6-9H2,(H,20,24)(H,21,22);2*3-9,14,23H,2,10H2,1H3,(H,20,24)(H,21,22);3-7,10-11,23H,2,8-9H2,1H3,(H,20,21)/t;;;2*14-;/m...10./s1. The Morgan fingerprint density at radius 3 is 0.960 bits per heavy atom. The molecule has 20 rings (SSSR count). The summed E-state index contributed by atoms with van der Waals surface area (Å²) in [5, 5.41) is 108. The third-order valence-electron chi connectivity index (χ3n) is 25.6. The highest BCUT2D eigenvalue weighted by molar-refractivity contribution is 6.07. The molecule has 37 heteroatoms. The number of amides is 6. The zero-order valence-electron chi connectivity index (χ0n) is 82.6. The fraction of sp³-hybridized carbons (Fsp3) is 0.257. The van der Waals surface area contributed by atoms with E-state index in [1.54, 1.807) is 163 Å². The summed E-state index contributed by atoms with van der Waals surface area (Å²) >= 11 is 0. The number of halogens is 6. The molecule has 0 unspecified atom stereocenters. The lowest BCUT2D eigenvalue weighted by molar-refractivity contribution is 0.0731. The van der Waals surface area contributed by atoms with Crippen molar-refractivity contribution in [1.29, 1.82) is 0 Å². The van der Waals surface area contributed by atoms with Crippen molar-refractivity contribution in [2.75, 3.05) is 85.5 Å². The molecule has 2 fully saturated rings. The number of H-pyrrole nitrogens is 6. The lowest BCUT2D eigenvalue weighted by Gasteiger charge is -2.26. The summed E-state index contributed by atoms with van der Waals surface area (Å²) in [6.45, 7) is 10.8. The molecule has 6 amide bonds. The van der Waals surface area contributed by atoms with Crippen LogP contribution in [0.2, 0.25) is 0 Å². The van der Waals surface area contributed by atoms with Crippen LogP contribution in [-0.4, -0.2) is 242 Å². The number of aromatic nitrogens is 12. The maximum atomic E-state index is 13.6.